The minimum Gasteiger partial charge on any atom is -0.454 e. The van der Waals surface area contributed by atoms with Crippen molar-refractivity contribution in [2.75, 3.05) is 17.8 Å². The minimum atomic E-state index is -3.36. The molecule has 146 valence electrons. The van der Waals surface area contributed by atoms with Gasteiger partial charge in [-0.3, -0.25) is 4.72 Å². The summed E-state index contributed by atoms with van der Waals surface area (Å²) in [5.41, 5.74) is 5.05. The number of benzene rings is 2. The first-order valence-corrected chi connectivity index (χ1v) is 10.7. The second kappa shape index (κ2) is 6.49. The summed E-state index contributed by atoms with van der Waals surface area (Å²) in [7, 11) is -3.36. The maximum atomic E-state index is 11.5. The van der Waals surface area contributed by atoms with E-state index in [4.69, 9.17) is 14.5 Å². The second-order valence-electron chi connectivity index (χ2n) is 6.68. The lowest BCUT2D eigenvalue weighted by Crippen LogP contribution is -2.09. The van der Waals surface area contributed by atoms with E-state index >= 15 is 0 Å². The van der Waals surface area contributed by atoms with Crippen molar-refractivity contribution in [1.29, 1.82) is 0 Å². The van der Waals surface area contributed by atoms with E-state index in [1.165, 1.54) is 0 Å². The third-order valence-corrected chi connectivity index (χ3v) is 5.13. The number of H-pyrrole nitrogens is 1. The first-order valence-electron chi connectivity index (χ1n) is 8.79. The van der Waals surface area contributed by atoms with Gasteiger partial charge in [-0.15, -0.1) is 0 Å². The van der Waals surface area contributed by atoms with Crippen LogP contribution in [0.25, 0.3) is 33.5 Å². The number of fused-ring (bicyclic) bond motifs is 2. The Morgan fingerprint density at radius 3 is 2.79 bits per heavy atom. The summed E-state index contributed by atoms with van der Waals surface area (Å²) in [6.07, 6.45) is 4.62. The number of sulfonamides is 1. The van der Waals surface area contributed by atoms with E-state index in [-0.39, 0.29) is 6.79 Å². The standard InChI is InChI=1S/C20H16N4O4S/c1-29(25,26)24-14-4-2-3-13(7-14)16-10-22-20-19(23-16)15(9-21-20)12-5-6-17-18(8-12)28-11-27-17/h2-10,24H,11H2,1H3,(H,21,22). The normalized spacial score (nSPS) is 13.0. The molecule has 0 spiro atoms. The average Bonchev–Trinajstić information content (AvgIpc) is 3.32. The van der Waals surface area contributed by atoms with Gasteiger partial charge in [0.2, 0.25) is 16.8 Å². The van der Waals surface area contributed by atoms with Crippen LogP contribution < -0.4 is 14.2 Å². The van der Waals surface area contributed by atoms with Crippen molar-refractivity contribution in [2.24, 2.45) is 0 Å². The van der Waals surface area contributed by atoms with Gasteiger partial charge in [0.1, 0.15) is 5.52 Å². The van der Waals surface area contributed by atoms with Crippen LogP contribution in [0.3, 0.4) is 0 Å². The summed E-state index contributed by atoms with van der Waals surface area (Å²) in [5.74, 6) is 1.41. The van der Waals surface area contributed by atoms with Crippen LogP contribution in [0, 0.1) is 0 Å². The van der Waals surface area contributed by atoms with Gasteiger partial charge in [-0.25, -0.2) is 18.4 Å². The van der Waals surface area contributed by atoms with Gasteiger partial charge in [0.25, 0.3) is 0 Å². The minimum absolute atomic E-state index is 0.217. The monoisotopic (exact) mass is 408 g/mol. The highest BCUT2D eigenvalue weighted by molar-refractivity contribution is 7.92. The number of hydrogen-bond acceptors (Lipinski definition) is 6. The summed E-state index contributed by atoms with van der Waals surface area (Å²) < 4.78 is 36.3. The van der Waals surface area contributed by atoms with Gasteiger partial charge < -0.3 is 14.5 Å². The molecule has 0 bridgehead atoms. The smallest absolute Gasteiger partial charge is 0.231 e. The van der Waals surface area contributed by atoms with Crippen LogP contribution in [0.15, 0.2) is 54.9 Å². The van der Waals surface area contributed by atoms with Crippen molar-refractivity contribution in [3.8, 4) is 33.9 Å². The predicted molar refractivity (Wildman–Crippen MR) is 109 cm³/mol. The lowest BCUT2D eigenvalue weighted by atomic mass is 10.1. The SMILES string of the molecule is CS(=O)(=O)Nc1cccc(-c2cnc3[nH]cc(-c4ccc5c(c4)OCO5)c3n2)c1. The van der Waals surface area contributed by atoms with E-state index in [1.54, 1.807) is 24.4 Å². The Kier molecular flexibility index (Phi) is 3.92. The Morgan fingerprint density at radius 2 is 1.93 bits per heavy atom. The van der Waals surface area contributed by atoms with E-state index in [1.807, 2.05) is 30.5 Å². The van der Waals surface area contributed by atoms with Crippen molar-refractivity contribution < 1.29 is 17.9 Å². The Morgan fingerprint density at radius 1 is 1.07 bits per heavy atom. The topological polar surface area (TPSA) is 106 Å². The number of hydrogen-bond donors (Lipinski definition) is 2. The van der Waals surface area contributed by atoms with Crippen LogP contribution in [0.2, 0.25) is 0 Å². The van der Waals surface area contributed by atoms with Crippen LogP contribution in [0.5, 0.6) is 11.5 Å². The first-order chi connectivity index (χ1) is 14.0. The maximum Gasteiger partial charge on any atom is 0.231 e. The number of aromatic nitrogens is 3. The van der Waals surface area contributed by atoms with Gasteiger partial charge >= 0.3 is 0 Å². The van der Waals surface area contributed by atoms with Gasteiger partial charge in [-0.2, -0.15) is 0 Å². The van der Waals surface area contributed by atoms with Crippen LogP contribution in [-0.2, 0) is 10.0 Å². The molecule has 0 aliphatic carbocycles. The number of nitrogens with one attached hydrogen (secondary N) is 2. The van der Waals surface area contributed by atoms with Gasteiger partial charge in [-0.1, -0.05) is 18.2 Å². The molecule has 2 aromatic carbocycles. The fourth-order valence-electron chi connectivity index (χ4n) is 3.27. The Hall–Kier alpha value is -3.59. The van der Waals surface area contributed by atoms with Crippen molar-refractivity contribution in [1.82, 2.24) is 15.0 Å². The highest BCUT2D eigenvalue weighted by atomic mass is 32.2. The van der Waals surface area contributed by atoms with Gasteiger partial charge in [0, 0.05) is 23.0 Å². The van der Waals surface area contributed by atoms with Crippen molar-refractivity contribution in [3.63, 3.8) is 0 Å². The summed E-state index contributed by atoms with van der Waals surface area (Å²) >= 11 is 0. The molecule has 8 nitrogen and oxygen atoms in total. The third-order valence-electron chi connectivity index (χ3n) is 4.53. The molecule has 2 aromatic heterocycles. The molecule has 0 unspecified atom stereocenters. The Bertz CT molecular complexity index is 1350. The van der Waals surface area contributed by atoms with Crippen LogP contribution in [0.1, 0.15) is 0 Å². The van der Waals surface area contributed by atoms with Crippen LogP contribution in [0.4, 0.5) is 5.69 Å². The van der Waals surface area contributed by atoms with Gasteiger partial charge in [0.15, 0.2) is 17.1 Å². The number of rotatable bonds is 4. The maximum absolute atomic E-state index is 11.5. The molecule has 4 aromatic rings. The lowest BCUT2D eigenvalue weighted by Gasteiger charge is -2.07. The lowest BCUT2D eigenvalue weighted by molar-refractivity contribution is 0.174. The van der Waals surface area contributed by atoms with Crippen molar-refractivity contribution in [3.05, 3.63) is 54.9 Å². The molecule has 29 heavy (non-hydrogen) atoms. The summed E-state index contributed by atoms with van der Waals surface area (Å²) in [5, 5.41) is 0. The zero-order valence-electron chi connectivity index (χ0n) is 15.3. The van der Waals surface area contributed by atoms with E-state index in [0.717, 1.165) is 28.7 Å². The van der Waals surface area contributed by atoms with E-state index in [0.29, 0.717) is 28.3 Å². The predicted octanol–water partition coefficient (Wildman–Crippen LogP) is 3.39. The van der Waals surface area contributed by atoms with Gasteiger partial charge in [-0.05, 0) is 29.8 Å². The number of ether oxygens (including phenoxy) is 2. The van der Waals surface area contributed by atoms with Crippen molar-refractivity contribution >= 4 is 26.9 Å². The molecule has 5 rings (SSSR count). The molecular formula is C20H16N4O4S. The summed E-state index contributed by atoms with van der Waals surface area (Å²) in [6.45, 7) is 0.217. The molecule has 9 heteroatoms. The highest BCUT2D eigenvalue weighted by Crippen LogP contribution is 2.37. The molecular weight excluding hydrogens is 392 g/mol. The highest BCUT2D eigenvalue weighted by Gasteiger charge is 2.17. The molecule has 2 N–H and O–H groups in total. The largest absolute Gasteiger partial charge is 0.454 e. The number of anilines is 1. The fourth-order valence-corrected chi connectivity index (χ4v) is 3.83. The molecule has 0 amide bonds. The van der Waals surface area contributed by atoms with E-state index < -0.39 is 10.0 Å². The van der Waals surface area contributed by atoms with Crippen LogP contribution in [-0.4, -0.2) is 36.4 Å². The van der Waals surface area contributed by atoms with E-state index in [9.17, 15) is 8.42 Å². The molecule has 0 radical (unpaired) electrons. The van der Waals surface area contributed by atoms with Crippen molar-refractivity contribution in [2.45, 2.75) is 0 Å². The molecule has 0 saturated carbocycles. The van der Waals surface area contributed by atoms with Gasteiger partial charge in [0.05, 0.1) is 18.1 Å². The first kappa shape index (κ1) is 17.5. The molecule has 3 heterocycles. The third kappa shape index (κ3) is 3.36. The molecule has 1 aliphatic heterocycles. The average molecular weight is 408 g/mol. The Labute approximate surface area is 166 Å². The molecule has 1 aliphatic rings. The summed E-state index contributed by atoms with van der Waals surface area (Å²) in [4.78, 5) is 12.4. The zero-order valence-corrected chi connectivity index (χ0v) is 16.2. The zero-order chi connectivity index (χ0) is 20.0. The number of nitrogens with zero attached hydrogens (tertiary/aromatic N) is 2. The van der Waals surface area contributed by atoms with Crippen LogP contribution >= 0.6 is 0 Å². The summed E-state index contributed by atoms with van der Waals surface area (Å²) in [6, 6.07) is 12.8. The quantitative estimate of drug-likeness (QED) is 0.536. The second-order valence-corrected chi connectivity index (χ2v) is 8.43. The Balaban J connectivity index is 1.58. The molecule has 0 atom stereocenters. The fraction of sp³-hybridized carbons (Fsp3) is 0.100. The van der Waals surface area contributed by atoms with E-state index in [2.05, 4.69) is 14.7 Å². The molecule has 0 saturated heterocycles. The number of aromatic amines is 1. The molecule has 0 fully saturated rings.